The molecule has 0 aromatic heterocycles. The van der Waals surface area contributed by atoms with Crippen LogP contribution in [0.3, 0.4) is 0 Å². The highest BCUT2D eigenvalue weighted by molar-refractivity contribution is 5.77. The third-order valence-corrected chi connectivity index (χ3v) is 4.94. The molecule has 0 spiro atoms. The van der Waals surface area contributed by atoms with Gasteiger partial charge in [-0.2, -0.15) is 0 Å². The van der Waals surface area contributed by atoms with Gasteiger partial charge in [-0.3, -0.25) is 4.79 Å². The van der Waals surface area contributed by atoms with E-state index in [0.29, 0.717) is 24.4 Å². The summed E-state index contributed by atoms with van der Waals surface area (Å²) in [6.45, 7) is 7.54. The molecule has 0 saturated carbocycles. The zero-order valence-corrected chi connectivity index (χ0v) is 14.4. The summed E-state index contributed by atoms with van der Waals surface area (Å²) in [5.74, 6) is 0.546. The van der Waals surface area contributed by atoms with E-state index >= 15 is 0 Å². The molecule has 0 aliphatic carbocycles. The molecule has 1 aliphatic heterocycles. The van der Waals surface area contributed by atoms with E-state index in [2.05, 4.69) is 13.8 Å². The Bertz CT molecular complexity index is 544. The van der Waals surface area contributed by atoms with Crippen molar-refractivity contribution in [2.75, 3.05) is 19.7 Å². The van der Waals surface area contributed by atoms with Gasteiger partial charge >= 0.3 is 0 Å². The van der Waals surface area contributed by atoms with Gasteiger partial charge in [-0.25, -0.2) is 4.39 Å². The molecule has 2 rings (SSSR count). The number of rotatable bonds is 5. The molecule has 1 N–H and O–H groups in total. The number of benzene rings is 1. The van der Waals surface area contributed by atoms with Gasteiger partial charge in [0, 0.05) is 26.1 Å². The molecule has 1 saturated heterocycles. The number of halogens is 1. The summed E-state index contributed by atoms with van der Waals surface area (Å²) in [6, 6.07) is 5.15. The molecular weight excluding hydrogens is 293 g/mol. The molecule has 1 fully saturated rings. The first-order chi connectivity index (χ1) is 10.9. The van der Waals surface area contributed by atoms with Crippen LogP contribution in [0, 0.1) is 24.6 Å². The molecule has 1 aromatic rings. The van der Waals surface area contributed by atoms with Crippen molar-refractivity contribution in [1.82, 2.24) is 4.90 Å². The topological polar surface area (TPSA) is 40.5 Å². The molecule has 1 aliphatic rings. The van der Waals surface area contributed by atoms with Gasteiger partial charge in [0.2, 0.25) is 5.91 Å². The van der Waals surface area contributed by atoms with E-state index in [1.807, 2.05) is 11.0 Å². The van der Waals surface area contributed by atoms with Crippen LogP contribution in [0.25, 0.3) is 0 Å². The van der Waals surface area contributed by atoms with Crippen molar-refractivity contribution in [3.63, 3.8) is 0 Å². The number of aliphatic hydroxyl groups is 1. The van der Waals surface area contributed by atoms with Crippen LogP contribution in [-0.4, -0.2) is 35.6 Å². The molecule has 0 bridgehead atoms. The number of piperidine rings is 1. The maximum Gasteiger partial charge on any atom is 0.223 e. The molecule has 128 valence electrons. The Morgan fingerprint density at radius 3 is 2.78 bits per heavy atom. The third kappa shape index (κ3) is 4.54. The number of likely N-dealkylation sites (tertiary alicyclic amines) is 1. The Hall–Kier alpha value is -1.42. The predicted octanol–water partition coefficient (Wildman–Crippen LogP) is 3.49. The van der Waals surface area contributed by atoms with Crippen LogP contribution in [0.4, 0.5) is 4.39 Å². The van der Waals surface area contributed by atoms with Crippen molar-refractivity contribution in [1.29, 1.82) is 0 Å². The lowest BCUT2D eigenvalue weighted by Gasteiger charge is -2.33. The summed E-state index contributed by atoms with van der Waals surface area (Å²) in [5.41, 5.74) is 1.65. The first-order valence-corrected chi connectivity index (χ1v) is 8.57. The van der Waals surface area contributed by atoms with Crippen molar-refractivity contribution in [3.05, 3.63) is 35.1 Å². The lowest BCUT2D eigenvalue weighted by atomic mass is 9.84. The van der Waals surface area contributed by atoms with E-state index < -0.39 is 0 Å². The minimum atomic E-state index is -0.204. The fourth-order valence-electron chi connectivity index (χ4n) is 3.39. The second-order valence-electron chi connectivity index (χ2n) is 7.09. The summed E-state index contributed by atoms with van der Waals surface area (Å²) in [4.78, 5) is 14.6. The standard InChI is InChI=1S/C19H28FNO2/c1-13(2)17(16-6-7-18(20)14(3)9-16)10-19(23)21-8-4-5-15(11-21)12-22/h6-7,9,13,15,17,22H,4-5,8,10-12H2,1-3H3. The Balaban J connectivity index is 2.09. The Kier molecular flexibility index (Phi) is 6.17. The zero-order chi connectivity index (χ0) is 17.0. The quantitative estimate of drug-likeness (QED) is 0.902. The van der Waals surface area contributed by atoms with Crippen molar-refractivity contribution in [3.8, 4) is 0 Å². The van der Waals surface area contributed by atoms with Gasteiger partial charge < -0.3 is 10.0 Å². The monoisotopic (exact) mass is 321 g/mol. The fraction of sp³-hybridized carbons (Fsp3) is 0.632. The molecule has 1 heterocycles. The van der Waals surface area contributed by atoms with Crippen molar-refractivity contribution >= 4 is 5.91 Å². The van der Waals surface area contributed by atoms with Gasteiger partial charge in [-0.15, -0.1) is 0 Å². The van der Waals surface area contributed by atoms with E-state index in [0.717, 1.165) is 24.9 Å². The van der Waals surface area contributed by atoms with Crippen LogP contribution in [0.5, 0.6) is 0 Å². The minimum Gasteiger partial charge on any atom is -0.396 e. The van der Waals surface area contributed by atoms with Crippen molar-refractivity contribution < 1.29 is 14.3 Å². The van der Waals surface area contributed by atoms with E-state index in [1.165, 1.54) is 6.07 Å². The molecule has 2 unspecified atom stereocenters. The highest BCUT2D eigenvalue weighted by atomic mass is 19.1. The average Bonchev–Trinajstić information content (AvgIpc) is 2.54. The molecule has 1 aromatic carbocycles. The van der Waals surface area contributed by atoms with Gasteiger partial charge in [0.05, 0.1) is 0 Å². The Morgan fingerprint density at radius 1 is 1.43 bits per heavy atom. The van der Waals surface area contributed by atoms with Crippen LogP contribution in [-0.2, 0) is 4.79 Å². The molecule has 23 heavy (non-hydrogen) atoms. The number of hydrogen-bond donors (Lipinski definition) is 1. The fourth-order valence-corrected chi connectivity index (χ4v) is 3.39. The maximum absolute atomic E-state index is 13.5. The van der Waals surface area contributed by atoms with Crippen LogP contribution >= 0.6 is 0 Å². The van der Waals surface area contributed by atoms with Gasteiger partial charge in [-0.05, 0) is 54.7 Å². The summed E-state index contributed by atoms with van der Waals surface area (Å²) < 4.78 is 13.5. The minimum absolute atomic E-state index is 0.0938. The van der Waals surface area contributed by atoms with Gasteiger partial charge in [0.15, 0.2) is 0 Å². The Morgan fingerprint density at radius 2 is 2.17 bits per heavy atom. The third-order valence-electron chi connectivity index (χ3n) is 4.94. The number of carbonyl (C=O) groups is 1. The molecule has 2 atom stereocenters. The summed E-state index contributed by atoms with van der Waals surface area (Å²) >= 11 is 0. The van der Waals surface area contributed by atoms with E-state index in [-0.39, 0.29) is 30.2 Å². The van der Waals surface area contributed by atoms with Gasteiger partial charge in [-0.1, -0.05) is 26.0 Å². The average molecular weight is 321 g/mol. The van der Waals surface area contributed by atoms with Gasteiger partial charge in [0.25, 0.3) is 0 Å². The smallest absolute Gasteiger partial charge is 0.223 e. The predicted molar refractivity (Wildman–Crippen MR) is 89.7 cm³/mol. The molecule has 0 radical (unpaired) electrons. The summed E-state index contributed by atoms with van der Waals surface area (Å²) in [6.07, 6.45) is 2.39. The lowest BCUT2D eigenvalue weighted by Crippen LogP contribution is -2.41. The molecular formula is C19H28FNO2. The van der Waals surface area contributed by atoms with E-state index in [4.69, 9.17) is 0 Å². The largest absolute Gasteiger partial charge is 0.396 e. The number of hydrogen-bond acceptors (Lipinski definition) is 2. The number of aryl methyl sites for hydroxylation is 1. The normalized spacial score (nSPS) is 19.9. The SMILES string of the molecule is Cc1cc(C(CC(=O)N2CCCC(CO)C2)C(C)C)ccc1F. The molecule has 3 nitrogen and oxygen atoms in total. The highest BCUT2D eigenvalue weighted by Gasteiger charge is 2.27. The van der Waals surface area contributed by atoms with E-state index in [9.17, 15) is 14.3 Å². The number of amides is 1. The first-order valence-electron chi connectivity index (χ1n) is 8.57. The number of nitrogens with zero attached hydrogens (tertiary/aromatic N) is 1. The highest BCUT2D eigenvalue weighted by Crippen LogP contribution is 2.30. The molecule has 1 amide bonds. The van der Waals surface area contributed by atoms with Crippen LogP contribution in [0.15, 0.2) is 18.2 Å². The van der Waals surface area contributed by atoms with Crippen molar-refractivity contribution in [2.24, 2.45) is 11.8 Å². The second kappa shape index (κ2) is 7.91. The zero-order valence-electron chi connectivity index (χ0n) is 14.4. The lowest BCUT2D eigenvalue weighted by molar-refractivity contribution is -0.134. The summed E-state index contributed by atoms with van der Waals surface area (Å²) in [5, 5.41) is 9.32. The Labute approximate surface area is 138 Å². The van der Waals surface area contributed by atoms with Crippen molar-refractivity contribution in [2.45, 2.75) is 46.0 Å². The molecule has 4 heteroatoms. The summed E-state index contributed by atoms with van der Waals surface area (Å²) in [7, 11) is 0. The second-order valence-corrected chi connectivity index (χ2v) is 7.09. The van der Waals surface area contributed by atoms with Crippen LogP contribution in [0.2, 0.25) is 0 Å². The van der Waals surface area contributed by atoms with Crippen LogP contribution in [0.1, 0.15) is 50.2 Å². The number of aliphatic hydroxyl groups excluding tert-OH is 1. The maximum atomic E-state index is 13.5. The van der Waals surface area contributed by atoms with Gasteiger partial charge in [0.1, 0.15) is 5.82 Å². The van der Waals surface area contributed by atoms with Crippen LogP contribution < -0.4 is 0 Å². The van der Waals surface area contributed by atoms with E-state index in [1.54, 1.807) is 13.0 Å². The first kappa shape index (κ1) is 17.9. The number of carbonyl (C=O) groups excluding carboxylic acids is 1.